The van der Waals surface area contributed by atoms with Gasteiger partial charge in [0.25, 0.3) is 0 Å². The van der Waals surface area contributed by atoms with E-state index < -0.39 is 17.7 Å². The van der Waals surface area contributed by atoms with E-state index in [0.29, 0.717) is 20.6 Å². The Labute approximate surface area is 123 Å². The standard InChI is InChI=1S/C14H11BrClF2N/c1-7-2-5-11(17)12(13(7)18)14(19)9-6-8(16)3-4-10(9)15/h2-6,14H,19H2,1H3. The third-order valence-electron chi connectivity index (χ3n) is 2.92. The zero-order valence-corrected chi connectivity index (χ0v) is 12.4. The summed E-state index contributed by atoms with van der Waals surface area (Å²) in [4.78, 5) is 0. The van der Waals surface area contributed by atoms with Gasteiger partial charge in [0, 0.05) is 15.1 Å². The number of aryl methyl sites for hydroxylation is 1. The number of nitrogens with two attached hydrogens (primary N) is 1. The molecule has 0 aliphatic carbocycles. The van der Waals surface area contributed by atoms with Gasteiger partial charge in [-0.15, -0.1) is 0 Å². The molecule has 0 saturated carbocycles. The number of benzene rings is 2. The smallest absolute Gasteiger partial charge is 0.134 e. The Balaban J connectivity index is 2.59. The Bertz CT molecular complexity index is 631. The Morgan fingerprint density at radius 2 is 1.89 bits per heavy atom. The maximum absolute atomic E-state index is 14.1. The summed E-state index contributed by atoms with van der Waals surface area (Å²) in [5.41, 5.74) is 6.73. The summed E-state index contributed by atoms with van der Waals surface area (Å²) in [6, 6.07) is 6.64. The van der Waals surface area contributed by atoms with Gasteiger partial charge in [-0.2, -0.15) is 0 Å². The van der Waals surface area contributed by atoms with Crippen LogP contribution in [0.5, 0.6) is 0 Å². The zero-order valence-electron chi connectivity index (χ0n) is 10.1. The molecule has 1 unspecified atom stereocenters. The van der Waals surface area contributed by atoms with Crippen LogP contribution in [0.3, 0.4) is 0 Å². The van der Waals surface area contributed by atoms with Crippen LogP contribution >= 0.6 is 27.5 Å². The molecule has 5 heteroatoms. The van der Waals surface area contributed by atoms with Gasteiger partial charge in [-0.3, -0.25) is 0 Å². The summed E-state index contributed by atoms with van der Waals surface area (Å²) in [6.07, 6.45) is 0. The number of hydrogen-bond acceptors (Lipinski definition) is 1. The predicted octanol–water partition coefficient (Wildman–Crippen LogP) is 4.74. The molecule has 1 nitrogen and oxygen atoms in total. The molecule has 0 heterocycles. The second kappa shape index (κ2) is 5.57. The van der Waals surface area contributed by atoms with Crippen molar-refractivity contribution in [2.45, 2.75) is 13.0 Å². The molecular weight excluding hydrogens is 336 g/mol. The number of halogens is 4. The molecule has 19 heavy (non-hydrogen) atoms. The maximum atomic E-state index is 14.1. The van der Waals surface area contributed by atoms with Crippen LogP contribution in [0.15, 0.2) is 34.8 Å². The van der Waals surface area contributed by atoms with E-state index in [9.17, 15) is 8.78 Å². The first kappa shape index (κ1) is 14.4. The fourth-order valence-corrected chi connectivity index (χ4v) is 2.55. The Kier molecular flexibility index (Phi) is 4.23. The van der Waals surface area contributed by atoms with Crippen LogP contribution < -0.4 is 5.73 Å². The van der Waals surface area contributed by atoms with Crippen molar-refractivity contribution in [3.63, 3.8) is 0 Å². The molecule has 2 N–H and O–H groups in total. The minimum atomic E-state index is -0.923. The lowest BCUT2D eigenvalue weighted by molar-refractivity contribution is 0.538. The summed E-state index contributed by atoms with van der Waals surface area (Å²) in [5, 5.41) is 0.460. The van der Waals surface area contributed by atoms with Crippen molar-refractivity contribution in [3.8, 4) is 0 Å². The molecule has 0 aliphatic rings. The summed E-state index contributed by atoms with van der Waals surface area (Å²) < 4.78 is 28.6. The molecule has 2 rings (SSSR count). The fourth-order valence-electron chi connectivity index (χ4n) is 1.87. The molecular formula is C14H11BrClF2N. The van der Waals surface area contributed by atoms with Gasteiger partial charge in [-0.05, 0) is 42.3 Å². The first-order chi connectivity index (χ1) is 8.91. The number of rotatable bonds is 2. The van der Waals surface area contributed by atoms with Crippen molar-refractivity contribution in [3.05, 3.63) is 68.2 Å². The van der Waals surface area contributed by atoms with E-state index in [-0.39, 0.29) is 5.56 Å². The van der Waals surface area contributed by atoms with E-state index in [1.54, 1.807) is 25.1 Å². The third kappa shape index (κ3) is 2.81. The van der Waals surface area contributed by atoms with Crippen LogP contribution in [0.25, 0.3) is 0 Å². The first-order valence-electron chi connectivity index (χ1n) is 5.57. The molecule has 0 aromatic heterocycles. The SMILES string of the molecule is Cc1ccc(F)c(C(N)c2cc(Cl)ccc2Br)c1F. The fraction of sp³-hybridized carbons (Fsp3) is 0.143. The molecule has 2 aromatic rings. The van der Waals surface area contributed by atoms with Gasteiger partial charge in [0.15, 0.2) is 0 Å². The van der Waals surface area contributed by atoms with Gasteiger partial charge in [-0.25, -0.2) is 8.78 Å². The van der Waals surface area contributed by atoms with Crippen LogP contribution in [0.2, 0.25) is 5.02 Å². The summed E-state index contributed by atoms with van der Waals surface area (Å²) >= 11 is 9.21. The van der Waals surface area contributed by atoms with E-state index in [4.69, 9.17) is 17.3 Å². The van der Waals surface area contributed by atoms with Gasteiger partial charge >= 0.3 is 0 Å². The molecule has 0 radical (unpaired) electrons. The summed E-state index contributed by atoms with van der Waals surface area (Å²) in [6.45, 7) is 1.57. The zero-order chi connectivity index (χ0) is 14.2. The topological polar surface area (TPSA) is 26.0 Å². The van der Waals surface area contributed by atoms with E-state index in [1.807, 2.05) is 0 Å². The highest BCUT2D eigenvalue weighted by atomic mass is 79.9. The van der Waals surface area contributed by atoms with Gasteiger partial charge in [-0.1, -0.05) is 33.6 Å². The lowest BCUT2D eigenvalue weighted by Crippen LogP contribution is -2.17. The first-order valence-corrected chi connectivity index (χ1v) is 6.74. The monoisotopic (exact) mass is 345 g/mol. The molecule has 0 aliphatic heterocycles. The molecule has 0 amide bonds. The van der Waals surface area contributed by atoms with Crippen molar-refractivity contribution in [1.29, 1.82) is 0 Å². The molecule has 0 bridgehead atoms. The van der Waals surface area contributed by atoms with Crippen LogP contribution in [-0.4, -0.2) is 0 Å². The molecule has 1 atom stereocenters. The highest BCUT2D eigenvalue weighted by molar-refractivity contribution is 9.10. The highest BCUT2D eigenvalue weighted by Crippen LogP contribution is 2.32. The average molecular weight is 347 g/mol. The Morgan fingerprint density at radius 1 is 1.21 bits per heavy atom. The quantitative estimate of drug-likeness (QED) is 0.835. The van der Waals surface area contributed by atoms with Crippen LogP contribution in [0.1, 0.15) is 22.7 Å². The van der Waals surface area contributed by atoms with Gasteiger partial charge in [0.1, 0.15) is 11.6 Å². The highest BCUT2D eigenvalue weighted by Gasteiger charge is 2.21. The predicted molar refractivity (Wildman–Crippen MR) is 76.3 cm³/mol. The van der Waals surface area contributed by atoms with Gasteiger partial charge in [0.05, 0.1) is 6.04 Å². The van der Waals surface area contributed by atoms with E-state index >= 15 is 0 Å². The van der Waals surface area contributed by atoms with Crippen LogP contribution in [0.4, 0.5) is 8.78 Å². The molecule has 0 fully saturated rings. The normalized spacial score (nSPS) is 12.5. The second-order valence-corrected chi connectivity index (χ2v) is 5.53. The van der Waals surface area contributed by atoms with Gasteiger partial charge in [0.2, 0.25) is 0 Å². The van der Waals surface area contributed by atoms with Crippen molar-refractivity contribution in [1.82, 2.24) is 0 Å². The average Bonchev–Trinajstić information content (AvgIpc) is 2.37. The van der Waals surface area contributed by atoms with Crippen molar-refractivity contribution in [2.75, 3.05) is 0 Å². The van der Waals surface area contributed by atoms with Crippen LogP contribution in [0, 0.1) is 18.6 Å². The Morgan fingerprint density at radius 3 is 2.58 bits per heavy atom. The molecule has 2 aromatic carbocycles. The maximum Gasteiger partial charge on any atom is 0.134 e. The van der Waals surface area contributed by atoms with E-state index in [1.165, 1.54) is 12.1 Å². The van der Waals surface area contributed by atoms with E-state index in [2.05, 4.69) is 15.9 Å². The minimum absolute atomic E-state index is 0.150. The van der Waals surface area contributed by atoms with Crippen molar-refractivity contribution in [2.24, 2.45) is 5.73 Å². The van der Waals surface area contributed by atoms with Crippen molar-refractivity contribution >= 4 is 27.5 Å². The third-order valence-corrected chi connectivity index (χ3v) is 3.88. The van der Waals surface area contributed by atoms with Gasteiger partial charge < -0.3 is 5.73 Å². The molecule has 0 saturated heterocycles. The van der Waals surface area contributed by atoms with Crippen molar-refractivity contribution < 1.29 is 8.78 Å². The van der Waals surface area contributed by atoms with E-state index in [0.717, 1.165) is 0 Å². The summed E-state index contributed by atoms with van der Waals surface area (Å²) in [5.74, 6) is -1.29. The van der Waals surface area contributed by atoms with Crippen LogP contribution in [-0.2, 0) is 0 Å². The lowest BCUT2D eigenvalue weighted by Gasteiger charge is -2.17. The molecule has 0 spiro atoms. The molecule has 100 valence electrons. The lowest BCUT2D eigenvalue weighted by atomic mass is 9.97. The minimum Gasteiger partial charge on any atom is -0.320 e. The number of hydrogen-bond donors (Lipinski definition) is 1. The largest absolute Gasteiger partial charge is 0.320 e. The summed E-state index contributed by atoms with van der Waals surface area (Å²) in [7, 11) is 0. The Hall–Kier alpha value is -0.970. The second-order valence-electron chi connectivity index (χ2n) is 4.24.